The van der Waals surface area contributed by atoms with E-state index in [1.807, 2.05) is 12.1 Å². The summed E-state index contributed by atoms with van der Waals surface area (Å²) in [5, 5.41) is 3.30. The van der Waals surface area contributed by atoms with Crippen LogP contribution in [0.15, 0.2) is 18.2 Å². The lowest BCUT2D eigenvalue weighted by Crippen LogP contribution is -2.43. The molecule has 2 atom stereocenters. The third-order valence-electron chi connectivity index (χ3n) is 3.83. The van der Waals surface area contributed by atoms with E-state index in [0.717, 1.165) is 12.2 Å². The number of rotatable bonds is 2. The van der Waals surface area contributed by atoms with Gasteiger partial charge in [-0.2, -0.15) is 0 Å². The molecule has 0 aromatic heterocycles. The van der Waals surface area contributed by atoms with Crippen LogP contribution < -0.4 is 10.1 Å². The van der Waals surface area contributed by atoms with Crippen LogP contribution in [-0.4, -0.2) is 25.7 Å². The highest BCUT2D eigenvalue weighted by atomic mass is 16.5. The molecule has 1 saturated carbocycles. The third-order valence-corrected chi connectivity index (χ3v) is 3.83. The lowest BCUT2D eigenvalue weighted by atomic mass is 9.95. The lowest BCUT2D eigenvalue weighted by Gasteiger charge is -2.25. The number of nitrogens with one attached hydrogen (secondary N) is 1. The molecule has 90 valence electrons. The second-order valence-electron chi connectivity index (χ2n) is 4.61. The van der Waals surface area contributed by atoms with Crippen molar-refractivity contribution in [3.8, 4) is 5.75 Å². The first-order chi connectivity index (χ1) is 8.23. The average molecular weight is 233 g/mol. The monoisotopic (exact) mass is 233 g/mol. The number of carbonyl (C=O) groups is 1. The van der Waals surface area contributed by atoms with Crippen LogP contribution in [0.2, 0.25) is 0 Å². The maximum absolute atomic E-state index is 11.8. The predicted octanol–water partition coefficient (Wildman–Crippen LogP) is 1.20. The van der Waals surface area contributed by atoms with Gasteiger partial charge in [-0.1, -0.05) is 12.1 Å². The van der Waals surface area contributed by atoms with E-state index in [1.54, 1.807) is 7.11 Å². The Morgan fingerprint density at radius 1 is 1.47 bits per heavy atom. The molecule has 0 radical (unpaired) electrons. The Hall–Kier alpha value is -1.55. The van der Waals surface area contributed by atoms with Crippen molar-refractivity contribution in [1.29, 1.82) is 0 Å². The molecular weight excluding hydrogens is 218 g/mol. The molecule has 1 aromatic carbocycles. The molecule has 17 heavy (non-hydrogen) atoms. The fourth-order valence-corrected chi connectivity index (χ4v) is 2.86. The van der Waals surface area contributed by atoms with Crippen molar-refractivity contribution in [2.45, 2.75) is 24.4 Å². The van der Waals surface area contributed by atoms with Gasteiger partial charge in [0.15, 0.2) is 0 Å². The molecule has 0 unspecified atom stereocenters. The van der Waals surface area contributed by atoms with E-state index in [-0.39, 0.29) is 11.9 Å². The molecule has 3 rings (SSSR count). The van der Waals surface area contributed by atoms with E-state index in [4.69, 9.17) is 9.47 Å². The summed E-state index contributed by atoms with van der Waals surface area (Å²) in [6, 6.07) is 6.00. The summed E-state index contributed by atoms with van der Waals surface area (Å²) in [5.41, 5.74) is 1.88. The first-order valence-corrected chi connectivity index (χ1v) is 5.72. The van der Waals surface area contributed by atoms with E-state index in [2.05, 4.69) is 11.4 Å². The number of esters is 1. The number of ether oxygens (including phenoxy) is 2. The van der Waals surface area contributed by atoms with E-state index in [1.165, 1.54) is 18.2 Å². The molecule has 1 fully saturated rings. The summed E-state index contributed by atoms with van der Waals surface area (Å²) in [6.07, 6.45) is 0.799. The first kappa shape index (κ1) is 10.6. The van der Waals surface area contributed by atoms with Gasteiger partial charge in [-0.05, 0) is 18.1 Å². The third kappa shape index (κ3) is 1.30. The van der Waals surface area contributed by atoms with Crippen molar-refractivity contribution in [1.82, 2.24) is 5.32 Å². The van der Waals surface area contributed by atoms with Gasteiger partial charge >= 0.3 is 5.97 Å². The maximum Gasteiger partial charge on any atom is 0.326 e. The zero-order chi connectivity index (χ0) is 12.0. The average Bonchev–Trinajstić information content (AvgIpc) is 3.13. The highest BCUT2D eigenvalue weighted by molar-refractivity contribution is 5.88. The normalized spacial score (nSPS) is 28.9. The Bertz CT molecular complexity index is 471. The van der Waals surface area contributed by atoms with Crippen LogP contribution in [0.5, 0.6) is 5.75 Å². The number of hydrogen-bond acceptors (Lipinski definition) is 4. The molecule has 1 heterocycles. The Labute approximate surface area is 99.9 Å². The minimum Gasteiger partial charge on any atom is -0.496 e. The van der Waals surface area contributed by atoms with Gasteiger partial charge in [-0.15, -0.1) is 0 Å². The molecule has 0 bridgehead atoms. The summed E-state index contributed by atoms with van der Waals surface area (Å²) in [7, 11) is 3.10. The van der Waals surface area contributed by atoms with Gasteiger partial charge in [-0.3, -0.25) is 10.1 Å². The van der Waals surface area contributed by atoms with E-state index < -0.39 is 5.54 Å². The lowest BCUT2D eigenvalue weighted by molar-refractivity contribution is -0.144. The SMILES string of the molecule is COC(=O)[C@]12C[C@@H]1c1c(cccc1OC)CN2. The number of hydrogen-bond donors (Lipinski definition) is 1. The van der Waals surface area contributed by atoms with Crippen LogP contribution in [0.1, 0.15) is 23.5 Å². The molecule has 0 amide bonds. The fourth-order valence-electron chi connectivity index (χ4n) is 2.86. The highest BCUT2D eigenvalue weighted by Crippen LogP contribution is 2.57. The van der Waals surface area contributed by atoms with Gasteiger partial charge in [0.25, 0.3) is 0 Å². The molecular formula is C13H15NO3. The Morgan fingerprint density at radius 2 is 2.29 bits per heavy atom. The summed E-state index contributed by atoms with van der Waals surface area (Å²) in [5.74, 6) is 0.897. The molecule has 1 N–H and O–H groups in total. The molecule has 4 heteroatoms. The van der Waals surface area contributed by atoms with Crippen molar-refractivity contribution in [2.24, 2.45) is 0 Å². The maximum atomic E-state index is 11.8. The summed E-state index contributed by atoms with van der Waals surface area (Å²) in [6.45, 7) is 0.693. The van der Waals surface area contributed by atoms with Gasteiger partial charge in [0.05, 0.1) is 14.2 Å². The molecule has 1 aliphatic carbocycles. The van der Waals surface area contributed by atoms with Gasteiger partial charge < -0.3 is 9.47 Å². The molecule has 1 aromatic rings. The summed E-state index contributed by atoms with van der Waals surface area (Å²) in [4.78, 5) is 11.8. The second kappa shape index (κ2) is 3.47. The quantitative estimate of drug-likeness (QED) is 0.780. The minimum atomic E-state index is -0.504. The fraction of sp³-hybridized carbons (Fsp3) is 0.462. The van der Waals surface area contributed by atoms with E-state index in [0.29, 0.717) is 6.54 Å². The zero-order valence-corrected chi connectivity index (χ0v) is 9.95. The van der Waals surface area contributed by atoms with Gasteiger partial charge in [-0.25, -0.2) is 0 Å². The van der Waals surface area contributed by atoms with Crippen molar-refractivity contribution in [3.63, 3.8) is 0 Å². The van der Waals surface area contributed by atoms with Gasteiger partial charge in [0.2, 0.25) is 0 Å². The standard InChI is InChI=1S/C13H15NO3/c1-16-10-5-3-4-8-7-14-13(12(15)17-2)6-9(13)11(8)10/h3-5,9,14H,6-7H2,1-2H3/t9-,13+/m1/s1. The highest BCUT2D eigenvalue weighted by Gasteiger charge is 2.64. The van der Waals surface area contributed by atoms with E-state index in [9.17, 15) is 4.79 Å². The number of methoxy groups -OCH3 is 2. The molecule has 0 saturated heterocycles. The van der Waals surface area contributed by atoms with Crippen LogP contribution >= 0.6 is 0 Å². The van der Waals surface area contributed by atoms with Crippen LogP contribution in [0, 0.1) is 0 Å². The van der Waals surface area contributed by atoms with Gasteiger partial charge in [0, 0.05) is 18.0 Å². The Kier molecular flexibility index (Phi) is 2.16. The van der Waals surface area contributed by atoms with Crippen LogP contribution in [-0.2, 0) is 16.1 Å². The smallest absolute Gasteiger partial charge is 0.326 e. The van der Waals surface area contributed by atoms with Gasteiger partial charge in [0.1, 0.15) is 11.3 Å². The van der Waals surface area contributed by atoms with Crippen molar-refractivity contribution in [3.05, 3.63) is 29.3 Å². The summed E-state index contributed by atoms with van der Waals surface area (Å²) < 4.78 is 10.3. The van der Waals surface area contributed by atoms with Crippen LogP contribution in [0.3, 0.4) is 0 Å². The van der Waals surface area contributed by atoms with Crippen molar-refractivity contribution < 1.29 is 14.3 Å². The number of fused-ring (bicyclic) bond motifs is 3. The molecule has 0 spiro atoms. The second-order valence-corrected chi connectivity index (χ2v) is 4.61. The van der Waals surface area contributed by atoms with Crippen LogP contribution in [0.25, 0.3) is 0 Å². The first-order valence-electron chi connectivity index (χ1n) is 5.72. The Morgan fingerprint density at radius 3 is 3.00 bits per heavy atom. The zero-order valence-electron chi connectivity index (χ0n) is 9.95. The topological polar surface area (TPSA) is 47.6 Å². The predicted molar refractivity (Wildman–Crippen MR) is 61.9 cm³/mol. The van der Waals surface area contributed by atoms with Crippen LogP contribution in [0.4, 0.5) is 0 Å². The molecule has 2 aliphatic rings. The van der Waals surface area contributed by atoms with Crippen molar-refractivity contribution >= 4 is 5.97 Å². The van der Waals surface area contributed by atoms with Crippen molar-refractivity contribution in [2.75, 3.05) is 14.2 Å². The molecule has 4 nitrogen and oxygen atoms in total. The largest absolute Gasteiger partial charge is 0.496 e. The summed E-state index contributed by atoms with van der Waals surface area (Å²) >= 11 is 0. The minimum absolute atomic E-state index is 0.168. The number of carbonyl (C=O) groups excluding carboxylic acids is 1. The number of benzene rings is 1. The van der Waals surface area contributed by atoms with E-state index >= 15 is 0 Å². The molecule has 1 aliphatic heterocycles. The Balaban J connectivity index is 2.03.